The fourth-order valence-corrected chi connectivity index (χ4v) is 4.67. The van der Waals surface area contributed by atoms with Crippen molar-refractivity contribution in [1.82, 2.24) is 10.2 Å². The maximum atomic E-state index is 12.7. The normalized spacial score (nSPS) is 17.8. The van der Waals surface area contributed by atoms with Crippen LogP contribution in [-0.2, 0) is 11.2 Å². The number of nitrogens with one attached hydrogen (secondary N) is 1. The van der Waals surface area contributed by atoms with Crippen LogP contribution in [0, 0.1) is 12.3 Å². The number of carbonyl (C=O) groups is 3. The summed E-state index contributed by atoms with van der Waals surface area (Å²) < 4.78 is 5.80. The number of furan rings is 1. The number of benzene rings is 1. The standard InChI is InChI=1S/C25H31N3O4/c1-17-22-19(29)15-25(2,3)16-20(22)32-23(17)24(31)26-10-9-21(30)28-13-11-27(12-14-28)18-7-5-4-6-8-18/h4-8H,9-16H2,1-3H3,(H,26,31). The molecule has 0 saturated carbocycles. The molecule has 4 rings (SSSR count). The van der Waals surface area contributed by atoms with E-state index in [0.717, 1.165) is 13.1 Å². The summed E-state index contributed by atoms with van der Waals surface area (Å²) in [5.41, 5.74) is 2.16. The van der Waals surface area contributed by atoms with Gasteiger partial charge in [-0.2, -0.15) is 0 Å². The van der Waals surface area contributed by atoms with Crippen molar-refractivity contribution in [3.8, 4) is 0 Å². The second-order valence-electron chi connectivity index (χ2n) is 9.50. The first-order chi connectivity index (χ1) is 15.2. The van der Waals surface area contributed by atoms with Crippen LogP contribution >= 0.6 is 0 Å². The lowest BCUT2D eigenvalue weighted by atomic mass is 9.76. The zero-order valence-electron chi connectivity index (χ0n) is 19.1. The number of hydrogen-bond acceptors (Lipinski definition) is 5. The van der Waals surface area contributed by atoms with Crippen LogP contribution in [0.2, 0.25) is 0 Å². The number of para-hydroxylation sites is 1. The molecule has 0 radical (unpaired) electrons. The van der Waals surface area contributed by atoms with Crippen molar-refractivity contribution in [2.24, 2.45) is 5.41 Å². The van der Waals surface area contributed by atoms with E-state index in [4.69, 9.17) is 4.42 Å². The van der Waals surface area contributed by atoms with Crippen LogP contribution in [0.25, 0.3) is 0 Å². The summed E-state index contributed by atoms with van der Waals surface area (Å²) in [6, 6.07) is 10.2. The first-order valence-corrected chi connectivity index (χ1v) is 11.3. The Morgan fingerprint density at radius 3 is 2.44 bits per heavy atom. The van der Waals surface area contributed by atoms with Crippen molar-refractivity contribution in [3.05, 3.63) is 53.0 Å². The fraction of sp³-hybridized carbons (Fsp3) is 0.480. The van der Waals surface area contributed by atoms with Gasteiger partial charge in [-0.25, -0.2) is 0 Å². The molecule has 32 heavy (non-hydrogen) atoms. The molecule has 1 aliphatic carbocycles. The van der Waals surface area contributed by atoms with Gasteiger partial charge in [-0.3, -0.25) is 14.4 Å². The number of fused-ring (bicyclic) bond motifs is 1. The third kappa shape index (κ3) is 4.56. The maximum absolute atomic E-state index is 12.7. The van der Waals surface area contributed by atoms with Gasteiger partial charge in [-0.15, -0.1) is 0 Å². The number of ketones is 1. The predicted octanol–water partition coefficient (Wildman–Crippen LogP) is 3.21. The minimum atomic E-state index is -0.371. The van der Waals surface area contributed by atoms with Gasteiger partial charge in [0.1, 0.15) is 5.76 Å². The van der Waals surface area contributed by atoms with Crippen LogP contribution in [0.15, 0.2) is 34.7 Å². The zero-order chi connectivity index (χ0) is 22.9. The maximum Gasteiger partial charge on any atom is 0.287 e. The zero-order valence-corrected chi connectivity index (χ0v) is 19.1. The second kappa shape index (κ2) is 8.81. The minimum Gasteiger partial charge on any atom is -0.455 e. The molecule has 2 heterocycles. The highest BCUT2D eigenvalue weighted by atomic mass is 16.4. The molecule has 2 amide bonds. The van der Waals surface area contributed by atoms with Crippen LogP contribution in [0.4, 0.5) is 5.69 Å². The molecule has 170 valence electrons. The van der Waals surface area contributed by atoms with Gasteiger partial charge < -0.3 is 19.5 Å². The van der Waals surface area contributed by atoms with Crippen LogP contribution in [0.1, 0.15) is 58.9 Å². The van der Waals surface area contributed by atoms with E-state index < -0.39 is 0 Å². The van der Waals surface area contributed by atoms with Gasteiger partial charge in [0.2, 0.25) is 5.91 Å². The summed E-state index contributed by atoms with van der Waals surface area (Å²) in [7, 11) is 0. The minimum absolute atomic E-state index is 0.0290. The lowest BCUT2D eigenvalue weighted by Crippen LogP contribution is -2.49. The third-order valence-corrected chi connectivity index (χ3v) is 6.36. The van der Waals surface area contributed by atoms with Crippen LogP contribution < -0.4 is 10.2 Å². The Labute approximate surface area is 188 Å². The average molecular weight is 438 g/mol. The monoisotopic (exact) mass is 437 g/mol. The summed E-state index contributed by atoms with van der Waals surface area (Å²) in [4.78, 5) is 41.9. The molecule has 2 aromatic rings. The third-order valence-electron chi connectivity index (χ3n) is 6.36. The molecule has 0 unspecified atom stereocenters. The summed E-state index contributed by atoms with van der Waals surface area (Å²) in [5, 5.41) is 2.79. The summed E-state index contributed by atoms with van der Waals surface area (Å²) in [6.45, 7) is 8.97. The molecular weight excluding hydrogens is 406 g/mol. The van der Waals surface area contributed by atoms with Crippen molar-refractivity contribution in [2.75, 3.05) is 37.6 Å². The number of nitrogens with zero attached hydrogens (tertiary/aromatic N) is 2. The largest absolute Gasteiger partial charge is 0.455 e. The number of piperazine rings is 1. The Morgan fingerprint density at radius 2 is 1.75 bits per heavy atom. The Balaban J connectivity index is 1.28. The summed E-state index contributed by atoms with van der Waals surface area (Å²) >= 11 is 0. The van der Waals surface area contributed by atoms with E-state index in [1.54, 1.807) is 6.92 Å². The van der Waals surface area contributed by atoms with Gasteiger partial charge in [-0.1, -0.05) is 32.0 Å². The number of anilines is 1. The topological polar surface area (TPSA) is 82.9 Å². The van der Waals surface area contributed by atoms with Gasteiger partial charge in [-0.05, 0) is 24.5 Å². The highest BCUT2D eigenvalue weighted by Gasteiger charge is 2.37. The van der Waals surface area contributed by atoms with Crippen molar-refractivity contribution >= 4 is 23.3 Å². The van der Waals surface area contributed by atoms with Crippen molar-refractivity contribution < 1.29 is 18.8 Å². The molecule has 1 N–H and O–H groups in total. The van der Waals surface area contributed by atoms with E-state index >= 15 is 0 Å². The molecule has 0 bridgehead atoms. The SMILES string of the molecule is Cc1c(C(=O)NCCC(=O)N2CCN(c3ccccc3)CC2)oc2c1C(=O)CC(C)(C)C2. The molecule has 7 nitrogen and oxygen atoms in total. The van der Waals surface area contributed by atoms with Crippen LogP contribution in [0.3, 0.4) is 0 Å². The molecule has 0 spiro atoms. The van der Waals surface area contributed by atoms with E-state index in [0.29, 0.717) is 42.8 Å². The summed E-state index contributed by atoms with van der Waals surface area (Å²) in [6.07, 6.45) is 1.33. The van der Waals surface area contributed by atoms with E-state index in [-0.39, 0.29) is 41.7 Å². The molecule has 2 aliphatic rings. The van der Waals surface area contributed by atoms with Crippen LogP contribution in [0.5, 0.6) is 0 Å². The van der Waals surface area contributed by atoms with Gasteiger partial charge in [0.25, 0.3) is 5.91 Å². The highest BCUT2D eigenvalue weighted by Crippen LogP contribution is 2.38. The molecular formula is C25H31N3O4. The number of Topliss-reactive ketones (excluding diaryl/α,β-unsaturated/α-hetero) is 1. The highest BCUT2D eigenvalue weighted by molar-refractivity contribution is 6.03. The number of rotatable bonds is 5. The smallest absolute Gasteiger partial charge is 0.287 e. The van der Waals surface area contributed by atoms with Crippen molar-refractivity contribution in [3.63, 3.8) is 0 Å². The Kier molecular flexibility index (Phi) is 6.09. The Bertz CT molecular complexity index is 1020. The molecule has 7 heteroatoms. The molecule has 1 fully saturated rings. The predicted molar refractivity (Wildman–Crippen MR) is 122 cm³/mol. The molecule has 1 aromatic carbocycles. The van der Waals surface area contributed by atoms with Gasteiger partial charge in [0.05, 0.1) is 5.56 Å². The number of carbonyl (C=O) groups excluding carboxylic acids is 3. The van der Waals surface area contributed by atoms with Gasteiger partial charge >= 0.3 is 0 Å². The summed E-state index contributed by atoms with van der Waals surface area (Å²) in [5.74, 6) is 0.474. The molecule has 1 saturated heterocycles. The van der Waals surface area contributed by atoms with E-state index in [2.05, 4.69) is 22.3 Å². The van der Waals surface area contributed by atoms with E-state index in [1.165, 1.54) is 5.69 Å². The van der Waals surface area contributed by atoms with Gasteiger partial charge in [0, 0.05) is 63.2 Å². The van der Waals surface area contributed by atoms with E-state index in [9.17, 15) is 14.4 Å². The Morgan fingerprint density at radius 1 is 1.06 bits per heavy atom. The molecule has 1 aromatic heterocycles. The number of hydrogen-bond donors (Lipinski definition) is 1. The second-order valence-corrected chi connectivity index (χ2v) is 9.50. The van der Waals surface area contributed by atoms with Crippen molar-refractivity contribution in [1.29, 1.82) is 0 Å². The first kappa shape index (κ1) is 22.1. The average Bonchev–Trinajstić information content (AvgIpc) is 3.09. The van der Waals surface area contributed by atoms with Crippen LogP contribution in [-0.4, -0.2) is 55.2 Å². The van der Waals surface area contributed by atoms with E-state index in [1.807, 2.05) is 36.9 Å². The Hall–Kier alpha value is -3.09. The van der Waals surface area contributed by atoms with Gasteiger partial charge in [0.15, 0.2) is 11.5 Å². The fourth-order valence-electron chi connectivity index (χ4n) is 4.67. The number of amides is 2. The molecule has 1 aliphatic heterocycles. The lowest BCUT2D eigenvalue weighted by Gasteiger charge is -2.36. The molecule has 0 atom stereocenters. The lowest BCUT2D eigenvalue weighted by molar-refractivity contribution is -0.131. The van der Waals surface area contributed by atoms with Crippen molar-refractivity contribution in [2.45, 2.75) is 40.0 Å². The first-order valence-electron chi connectivity index (χ1n) is 11.3. The quantitative estimate of drug-likeness (QED) is 0.777.